The van der Waals surface area contributed by atoms with E-state index in [2.05, 4.69) is 9.97 Å². The molecule has 1 amide bonds. The Morgan fingerprint density at radius 3 is 2.64 bits per heavy atom. The Labute approximate surface area is 192 Å². The van der Waals surface area contributed by atoms with E-state index in [9.17, 15) is 14.7 Å². The first kappa shape index (κ1) is 22.2. The SMILES string of the molecule is CCCOc1ccc(/C(O)=C2/C(=O)C(=O)N(Cc3cccnc3)C2c2ccccn2)cc1C. The number of pyridine rings is 2. The number of hydrogen-bond acceptors (Lipinski definition) is 6. The average molecular weight is 444 g/mol. The largest absolute Gasteiger partial charge is 0.507 e. The van der Waals surface area contributed by atoms with Gasteiger partial charge in [0.15, 0.2) is 0 Å². The van der Waals surface area contributed by atoms with Crippen LogP contribution in [0.4, 0.5) is 0 Å². The molecule has 1 aromatic carbocycles. The zero-order chi connectivity index (χ0) is 23.4. The molecule has 7 nitrogen and oxygen atoms in total. The lowest BCUT2D eigenvalue weighted by Crippen LogP contribution is -2.29. The number of amides is 1. The molecule has 33 heavy (non-hydrogen) atoms. The maximum atomic E-state index is 13.1. The van der Waals surface area contributed by atoms with Crippen molar-refractivity contribution >= 4 is 17.4 Å². The highest BCUT2D eigenvalue weighted by Crippen LogP contribution is 2.39. The Balaban J connectivity index is 1.79. The van der Waals surface area contributed by atoms with Gasteiger partial charge in [-0.1, -0.05) is 19.1 Å². The van der Waals surface area contributed by atoms with Gasteiger partial charge in [0, 0.05) is 30.7 Å². The molecule has 0 spiro atoms. The molecule has 1 N–H and O–H groups in total. The summed E-state index contributed by atoms with van der Waals surface area (Å²) in [5.74, 6) is -0.943. The molecule has 3 aromatic rings. The molecule has 2 aromatic heterocycles. The topological polar surface area (TPSA) is 92.6 Å². The molecule has 1 aliphatic heterocycles. The van der Waals surface area contributed by atoms with Gasteiger partial charge < -0.3 is 14.7 Å². The number of aliphatic hydroxyl groups excluding tert-OH is 1. The van der Waals surface area contributed by atoms with Crippen LogP contribution in [0, 0.1) is 6.92 Å². The van der Waals surface area contributed by atoms with Crippen LogP contribution in [-0.2, 0) is 16.1 Å². The van der Waals surface area contributed by atoms with E-state index in [-0.39, 0.29) is 17.9 Å². The van der Waals surface area contributed by atoms with Crippen molar-refractivity contribution in [2.24, 2.45) is 0 Å². The van der Waals surface area contributed by atoms with Gasteiger partial charge in [0.2, 0.25) is 0 Å². The summed E-state index contributed by atoms with van der Waals surface area (Å²) in [6, 6.07) is 13.3. The molecular weight excluding hydrogens is 418 g/mol. The average Bonchev–Trinajstić information content (AvgIpc) is 3.09. The fourth-order valence-electron chi connectivity index (χ4n) is 3.90. The number of aromatic nitrogens is 2. The van der Waals surface area contributed by atoms with Crippen molar-refractivity contribution in [3.8, 4) is 5.75 Å². The molecule has 1 atom stereocenters. The number of nitrogens with zero attached hydrogens (tertiary/aromatic N) is 3. The molecule has 3 heterocycles. The number of aliphatic hydroxyl groups is 1. The molecular formula is C26H25N3O4. The molecule has 1 aliphatic rings. The highest BCUT2D eigenvalue weighted by molar-refractivity contribution is 6.46. The number of likely N-dealkylation sites (tertiary alicyclic amines) is 1. The minimum absolute atomic E-state index is 0.0178. The van der Waals surface area contributed by atoms with Crippen LogP contribution >= 0.6 is 0 Å². The number of carbonyl (C=O) groups excluding carboxylic acids is 2. The standard InChI is InChI=1S/C26H25N3O4/c1-3-13-33-21-10-9-19(14-17(21)2)24(30)22-23(20-8-4-5-12-28-20)29(26(32)25(22)31)16-18-7-6-11-27-15-18/h4-12,14-15,23,30H,3,13,16H2,1-2H3/b24-22-. The lowest BCUT2D eigenvalue weighted by atomic mass is 9.97. The van der Waals surface area contributed by atoms with Crippen molar-refractivity contribution in [3.63, 3.8) is 0 Å². The Bertz CT molecular complexity index is 1190. The zero-order valence-electron chi connectivity index (χ0n) is 18.6. The summed E-state index contributed by atoms with van der Waals surface area (Å²) in [6.45, 7) is 4.65. The maximum absolute atomic E-state index is 13.1. The number of benzene rings is 1. The second-order valence-corrected chi connectivity index (χ2v) is 7.87. The van der Waals surface area contributed by atoms with Gasteiger partial charge in [-0.25, -0.2) is 0 Å². The van der Waals surface area contributed by atoms with E-state index in [0.717, 1.165) is 17.5 Å². The van der Waals surface area contributed by atoms with E-state index < -0.39 is 17.7 Å². The number of ether oxygens (including phenoxy) is 1. The summed E-state index contributed by atoms with van der Waals surface area (Å²) >= 11 is 0. The summed E-state index contributed by atoms with van der Waals surface area (Å²) in [7, 11) is 0. The molecule has 1 unspecified atom stereocenters. The number of hydrogen-bond donors (Lipinski definition) is 1. The first-order valence-corrected chi connectivity index (χ1v) is 10.8. The molecule has 0 radical (unpaired) electrons. The van der Waals surface area contributed by atoms with Gasteiger partial charge in [0.05, 0.1) is 17.9 Å². The van der Waals surface area contributed by atoms with Crippen LogP contribution in [0.25, 0.3) is 5.76 Å². The Morgan fingerprint density at radius 1 is 1.12 bits per heavy atom. The summed E-state index contributed by atoms with van der Waals surface area (Å²) in [5, 5.41) is 11.2. The van der Waals surface area contributed by atoms with Crippen LogP contribution in [-0.4, -0.2) is 38.3 Å². The number of aryl methyl sites for hydroxylation is 1. The zero-order valence-corrected chi connectivity index (χ0v) is 18.6. The van der Waals surface area contributed by atoms with E-state index in [1.165, 1.54) is 4.90 Å². The fourth-order valence-corrected chi connectivity index (χ4v) is 3.90. The van der Waals surface area contributed by atoms with Gasteiger partial charge in [-0.15, -0.1) is 0 Å². The van der Waals surface area contributed by atoms with Gasteiger partial charge in [-0.05, 0) is 60.9 Å². The van der Waals surface area contributed by atoms with Crippen LogP contribution < -0.4 is 4.74 Å². The van der Waals surface area contributed by atoms with Crippen LogP contribution in [0.2, 0.25) is 0 Å². The molecule has 0 saturated carbocycles. The van der Waals surface area contributed by atoms with E-state index in [0.29, 0.717) is 23.6 Å². The molecule has 168 valence electrons. The van der Waals surface area contributed by atoms with E-state index in [1.807, 2.05) is 19.9 Å². The maximum Gasteiger partial charge on any atom is 0.296 e. The third-order valence-corrected chi connectivity index (χ3v) is 5.49. The normalized spacial score (nSPS) is 17.4. The Kier molecular flexibility index (Phi) is 6.49. The molecule has 1 saturated heterocycles. The first-order valence-electron chi connectivity index (χ1n) is 10.8. The third kappa shape index (κ3) is 4.48. The molecule has 1 fully saturated rings. The minimum Gasteiger partial charge on any atom is -0.507 e. The summed E-state index contributed by atoms with van der Waals surface area (Å²) < 4.78 is 5.72. The van der Waals surface area contributed by atoms with Gasteiger partial charge in [-0.3, -0.25) is 19.6 Å². The second-order valence-electron chi connectivity index (χ2n) is 7.87. The molecule has 7 heteroatoms. The van der Waals surface area contributed by atoms with Crippen LogP contribution in [0.5, 0.6) is 5.75 Å². The predicted molar refractivity (Wildman–Crippen MR) is 123 cm³/mol. The predicted octanol–water partition coefficient (Wildman–Crippen LogP) is 4.20. The minimum atomic E-state index is -0.817. The number of rotatable bonds is 7. The van der Waals surface area contributed by atoms with Gasteiger partial charge in [0.1, 0.15) is 17.6 Å². The third-order valence-electron chi connectivity index (χ3n) is 5.49. The van der Waals surface area contributed by atoms with Crippen molar-refractivity contribution in [1.29, 1.82) is 0 Å². The quantitative estimate of drug-likeness (QED) is 0.334. The summed E-state index contributed by atoms with van der Waals surface area (Å²) in [6.07, 6.45) is 5.77. The monoisotopic (exact) mass is 443 g/mol. The highest BCUT2D eigenvalue weighted by Gasteiger charge is 2.46. The molecule has 4 rings (SSSR count). The van der Waals surface area contributed by atoms with Crippen molar-refractivity contribution in [2.75, 3.05) is 6.61 Å². The smallest absolute Gasteiger partial charge is 0.296 e. The van der Waals surface area contributed by atoms with Crippen LogP contribution in [0.15, 0.2) is 72.7 Å². The summed E-state index contributed by atoms with van der Waals surface area (Å²) in [4.78, 5) is 36.1. The lowest BCUT2D eigenvalue weighted by Gasteiger charge is -2.24. The van der Waals surface area contributed by atoms with Gasteiger partial charge in [0.25, 0.3) is 11.7 Å². The van der Waals surface area contributed by atoms with Crippen molar-refractivity contribution in [2.45, 2.75) is 32.9 Å². The van der Waals surface area contributed by atoms with E-state index in [4.69, 9.17) is 4.74 Å². The lowest BCUT2D eigenvalue weighted by molar-refractivity contribution is -0.140. The van der Waals surface area contributed by atoms with Crippen LogP contribution in [0.3, 0.4) is 0 Å². The Hall–Kier alpha value is -4.00. The van der Waals surface area contributed by atoms with E-state index >= 15 is 0 Å². The van der Waals surface area contributed by atoms with Gasteiger partial charge >= 0.3 is 0 Å². The van der Waals surface area contributed by atoms with Gasteiger partial charge in [-0.2, -0.15) is 0 Å². The van der Waals surface area contributed by atoms with Crippen molar-refractivity contribution in [1.82, 2.24) is 14.9 Å². The van der Waals surface area contributed by atoms with Crippen LogP contribution in [0.1, 0.15) is 41.8 Å². The second kappa shape index (κ2) is 9.65. The number of carbonyl (C=O) groups is 2. The number of ketones is 1. The fraction of sp³-hybridized carbons (Fsp3) is 0.231. The van der Waals surface area contributed by atoms with E-state index in [1.54, 1.807) is 61.1 Å². The Morgan fingerprint density at radius 2 is 1.97 bits per heavy atom. The molecule has 0 bridgehead atoms. The molecule has 0 aliphatic carbocycles. The van der Waals surface area contributed by atoms with Crippen molar-refractivity contribution in [3.05, 3.63) is 95.1 Å². The first-order chi connectivity index (χ1) is 16.0. The number of Topliss-reactive ketones (excluding diaryl/α,β-unsaturated/α-hetero) is 1. The summed E-state index contributed by atoms with van der Waals surface area (Å²) in [5.41, 5.74) is 2.56. The highest BCUT2D eigenvalue weighted by atomic mass is 16.5. The van der Waals surface area contributed by atoms with Crippen molar-refractivity contribution < 1.29 is 19.4 Å².